The van der Waals surface area contributed by atoms with E-state index in [2.05, 4.69) is 10.3 Å². The fraction of sp³-hybridized carbons (Fsp3) is 0.455. The highest BCUT2D eigenvalue weighted by Crippen LogP contribution is 2.24. The summed E-state index contributed by atoms with van der Waals surface area (Å²) in [5.74, 6) is 0.173. The van der Waals surface area contributed by atoms with Crippen LogP contribution in [0.3, 0.4) is 0 Å². The maximum absolute atomic E-state index is 9.56. The summed E-state index contributed by atoms with van der Waals surface area (Å²) in [6.07, 6.45) is 2.82. The molecule has 84 valence electrons. The number of rotatable bonds is 4. The van der Waals surface area contributed by atoms with Crippen molar-refractivity contribution in [3.05, 3.63) is 18.2 Å². The molecule has 1 heterocycles. The predicted molar refractivity (Wildman–Crippen MR) is 58.2 cm³/mol. The lowest BCUT2D eigenvalue weighted by molar-refractivity contribution is 0.110. The third kappa shape index (κ3) is 1.74. The molecule has 1 aromatic heterocycles. The number of nitrogens with zero attached hydrogens (tertiary/aromatic N) is 3. The average Bonchev–Trinajstić information content (AvgIpc) is 3.00. The van der Waals surface area contributed by atoms with Crippen LogP contribution < -0.4 is 0 Å². The number of hydrogen-bond donors (Lipinski definition) is 1. The quantitative estimate of drug-likeness (QED) is 0.842. The van der Waals surface area contributed by atoms with Crippen LogP contribution in [-0.4, -0.2) is 32.8 Å². The minimum absolute atomic E-state index is 0.173. The molecular formula is C11H13N3O2. The zero-order chi connectivity index (χ0) is 11.0. The largest absolute Gasteiger partial charge is 0.506 e. The molecule has 0 bridgehead atoms. The summed E-state index contributed by atoms with van der Waals surface area (Å²) >= 11 is 0. The lowest BCUT2D eigenvalue weighted by Gasteiger charge is -2.03. The van der Waals surface area contributed by atoms with E-state index >= 15 is 0 Å². The Morgan fingerprint density at radius 1 is 1.44 bits per heavy atom. The van der Waals surface area contributed by atoms with E-state index < -0.39 is 0 Å². The minimum atomic E-state index is 0.173. The molecule has 1 saturated carbocycles. The average molecular weight is 219 g/mol. The van der Waals surface area contributed by atoms with E-state index in [1.54, 1.807) is 16.8 Å². The van der Waals surface area contributed by atoms with E-state index in [1.807, 2.05) is 6.07 Å². The maximum atomic E-state index is 9.56. The molecule has 1 fully saturated rings. The lowest BCUT2D eigenvalue weighted by atomic mass is 10.3. The van der Waals surface area contributed by atoms with Crippen molar-refractivity contribution in [2.75, 3.05) is 6.61 Å². The smallest absolute Gasteiger partial charge is 0.154 e. The number of aromatic nitrogens is 3. The van der Waals surface area contributed by atoms with Gasteiger partial charge in [-0.25, -0.2) is 4.68 Å². The molecule has 5 heteroatoms. The number of fused-ring (bicyclic) bond motifs is 1. The van der Waals surface area contributed by atoms with E-state index in [1.165, 1.54) is 12.8 Å². The number of ether oxygens (including phenoxy) is 1. The monoisotopic (exact) mass is 219 g/mol. The van der Waals surface area contributed by atoms with Crippen LogP contribution >= 0.6 is 0 Å². The van der Waals surface area contributed by atoms with Crippen LogP contribution in [-0.2, 0) is 11.3 Å². The van der Waals surface area contributed by atoms with Gasteiger partial charge in [-0.1, -0.05) is 11.3 Å². The van der Waals surface area contributed by atoms with Crippen molar-refractivity contribution in [3.63, 3.8) is 0 Å². The fourth-order valence-corrected chi connectivity index (χ4v) is 1.68. The van der Waals surface area contributed by atoms with Gasteiger partial charge < -0.3 is 9.84 Å². The van der Waals surface area contributed by atoms with E-state index in [0.29, 0.717) is 24.8 Å². The molecule has 0 saturated heterocycles. The van der Waals surface area contributed by atoms with Crippen LogP contribution in [0.1, 0.15) is 12.8 Å². The summed E-state index contributed by atoms with van der Waals surface area (Å²) in [7, 11) is 0. The molecule has 5 nitrogen and oxygen atoms in total. The summed E-state index contributed by atoms with van der Waals surface area (Å²) in [5, 5.41) is 17.5. The molecule has 1 N–H and O–H groups in total. The molecule has 1 aliphatic carbocycles. The van der Waals surface area contributed by atoms with Crippen LogP contribution in [0, 0.1) is 0 Å². The summed E-state index contributed by atoms with van der Waals surface area (Å²) in [6.45, 7) is 1.33. The molecule has 0 atom stereocenters. The summed E-state index contributed by atoms with van der Waals surface area (Å²) in [5.41, 5.74) is 1.40. The number of benzene rings is 1. The van der Waals surface area contributed by atoms with Crippen LogP contribution in [0.4, 0.5) is 0 Å². The molecule has 0 amide bonds. The van der Waals surface area contributed by atoms with Gasteiger partial charge in [0.1, 0.15) is 5.75 Å². The zero-order valence-corrected chi connectivity index (χ0v) is 8.83. The summed E-state index contributed by atoms with van der Waals surface area (Å²) < 4.78 is 7.32. The Morgan fingerprint density at radius 2 is 2.31 bits per heavy atom. The summed E-state index contributed by atoms with van der Waals surface area (Å²) in [6, 6.07) is 5.30. The van der Waals surface area contributed by atoms with Crippen molar-refractivity contribution in [2.45, 2.75) is 25.5 Å². The first-order valence-electron chi connectivity index (χ1n) is 5.47. The number of aromatic hydroxyl groups is 1. The normalized spacial score (nSPS) is 15.8. The first kappa shape index (κ1) is 9.59. The summed E-state index contributed by atoms with van der Waals surface area (Å²) in [4.78, 5) is 0. The van der Waals surface area contributed by atoms with E-state index in [0.717, 1.165) is 5.52 Å². The van der Waals surface area contributed by atoms with E-state index in [4.69, 9.17) is 4.74 Å². The first-order valence-corrected chi connectivity index (χ1v) is 5.47. The van der Waals surface area contributed by atoms with Crippen LogP contribution in [0.15, 0.2) is 18.2 Å². The second-order valence-electron chi connectivity index (χ2n) is 4.03. The van der Waals surface area contributed by atoms with Crippen molar-refractivity contribution in [1.29, 1.82) is 0 Å². The van der Waals surface area contributed by atoms with Crippen molar-refractivity contribution < 1.29 is 9.84 Å². The minimum Gasteiger partial charge on any atom is -0.506 e. The fourth-order valence-electron chi connectivity index (χ4n) is 1.68. The van der Waals surface area contributed by atoms with Gasteiger partial charge in [-0.05, 0) is 25.0 Å². The van der Waals surface area contributed by atoms with Crippen molar-refractivity contribution in [2.24, 2.45) is 0 Å². The molecule has 1 aliphatic rings. The highest BCUT2D eigenvalue weighted by molar-refractivity contribution is 5.80. The Bertz CT molecular complexity index is 505. The van der Waals surface area contributed by atoms with Gasteiger partial charge in [0.05, 0.1) is 24.8 Å². The van der Waals surface area contributed by atoms with Crippen molar-refractivity contribution in [1.82, 2.24) is 15.0 Å². The molecule has 2 aromatic rings. The van der Waals surface area contributed by atoms with Gasteiger partial charge in [-0.3, -0.25) is 0 Å². The maximum Gasteiger partial charge on any atom is 0.154 e. The molecule has 16 heavy (non-hydrogen) atoms. The van der Waals surface area contributed by atoms with Gasteiger partial charge in [0.2, 0.25) is 0 Å². The molecule has 0 radical (unpaired) electrons. The number of hydrogen-bond acceptors (Lipinski definition) is 4. The lowest BCUT2D eigenvalue weighted by Crippen LogP contribution is -2.08. The van der Waals surface area contributed by atoms with Crippen LogP contribution in [0.2, 0.25) is 0 Å². The third-order valence-corrected chi connectivity index (χ3v) is 2.71. The van der Waals surface area contributed by atoms with Gasteiger partial charge in [-0.2, -0.15) is 0 Å². The molecule has 1 aromatic carbocycles. The predicted octanol–water partition coefficient (Wildman–Crippen LogP) is 1.32. The van der Waals surface area contributed by atoms with Crippen LogP contribution in [0.5, 0.6) is 5.75 Å². The second-order valence-corrected chi connectivity index (χ2v) is 4.03. The Balaban J connectivity index is 1.77. The SMILES string of the molecule is Oc1cccc2c1nnn2CCOC1CC1. The van der Waals surface area contributed by atoms with Crippen molar-refractivity contribution in [3.8, 4) is 5.75 Å². The number of phenolic OH excluding ortho intramolecular Hbond substituents is 1. The Kier molecular flexibility index (Phi) is 2.25. The van der Waals surface area contributed by atoms with Crippen LogP contribution in [0.25, 0.3) is 11.0 Å². The number of phenols is 1. The van der Waals surface area contributed by atoms with Gasteiger partial charge in [-0.15, -0.1) is 5.10 Å². The third-order valence-electron chi connectivity index (χ3n) is 2.71. The van der Waals surface area contributed by atoms with Gasteiger partial charge >= 0.3 is 0 Å². The zero-order valence-electron chi connectivity index (χ0n) is 8.83. The Labute approximate surface area is 92.6 Å². The second kappa shape index (κ2) is 3.75. The van der Waals surface area contributed by atoms with E-state index in [-0.39, 0.29) is 5.75 Å². The molecule has 0 spiro atoms. The van der Waals surface area contributed by atoms with Gasteiger partial charge in [0, 0.05) is 0 Å². The molecule has 3 rings (SSSR count). The standard InChI is InChI=1S/C11H13N3O2/c15-10-3-1-2-9-11(10)12-13-14(9)6-7-16-8-4-5-8/h1-3,8,15H,4-7H2. The van der Waals surface area contributed by atoms with Crippen molar-refractivity contribution >= 4 is 11.0 Å². The highest BCUT2D eigenvalue weighted by Gasteiger charge is 2.21. The molecule has 0 unspecified atom stereocenters. The Hall–Kier alpha value is -1.62. The first-order chi connectivity index (χ1) is 7.84. The van der Waals surface area contributed by atoms with E-state index in [9.17, 15) is 5.11 Å². The Morgan fingerprint density at radius 3 is 3.12 bits per heavy atom. The van der Waals surface area contributed by atoms with Gasteiger partial charge in [0.25, 0.3) is 0 Å². The molecular weight excluding hydrogens is 206 g/mol. The highest BCUT2D eigenvalue weighted by atomic mass is 16.5. The topological polar surface area (TPSA) is 60.2 Å². The van der Waals surface area contributed by atoms with Gasteiger partial charge in [0.15, 0.2) is 5.52 Å². The molecule has 0 aliphatic heterocycles.